The third kappa shape index (κ3) is 3.44. The minimum atomic E-state index is -0.633. The van der Waals surface area contributed by atoms with Crippen LogP contribution in [0.3, 0.4) is 0 Å². The van der Waals surface area contributed by atoms with Gasteiger partial charge in [-0.3, -0.25) is 14.6 Å². The molecule has 0 radical (unpaired) electrons. The van der Waals surface area contributed by atoms with E-state index in [1.807, 2.05) is 30.3 Å². The zero-order valence-corrected chi connectivity index (χ0v) is 16.1. The molecule has 0 saturated heterocycles. The molecule has 146 valence electrons. The lowest BCUT2D eigenvalue weighted by Gasteiger charge is -2.40. The van der Waals surface area contributed by atoms with Gasteiger partial charge < -0.3 is 14.7 Å². The molecule has 0 bridgehead atoms. The van der Waals surface area contributed by atoms with E-state index in [9.17, 15) is 9.59 Å². The van der Waals surface area contributed by atoms with Gasteiger partial charge in [0.1, 0.15) is 23.7 Å². The van der Waals surface area contributed by atoms with Crippen molar-refractivity contribution < 1.29 is 14.1 Å². The van der Waals surface area contributed by atoms with E-state index in [0.29, 0.717) is 23.2 Å². The highest BCUT2D eigenvalue weighted by molar-refractivity contribution is 6.47. The van der Waals surface area contributed by atoms with Crippen LogP contribution in [-0.2, 0) is 9.59 Å². The zero-order valence-electron chi connectivity index (χ0n) is 16.1. The second kappa shape index (κ2) is 7.22. The lowest BCUT2D eigenvalue weighted by atomic mass is 9.82. The predicted molar refractivity (Wildman–Crippen MR) is 105 cm³/mol. The number of rotatable bonds is 4. The summed E-state index contributed by atoms with van der Waals surface area (Å²) < 4.78 is 4.99. The van der Waals surface area contributed by atoms with Crippen LogP contribution in [0, 0.1) is 12.8 Å². The van der Waals surface area contributed by atoms with Crippen molar-refractivity contribution in [3.8, 4) is 0 Å². The van der Waals surface area contributed by atoms with E-state index in [1.54, 1.807) is 17.9 Å². The van der Waals surface area contributed by atoms with E-state index in [0.717, 1.165) is 31.2 Å². The van der Waals surface area contributed by atoms with Crippen LogP contribution >= 0.6 is 0 Å². The average Bonchev–Trinajstić information content (AvgIpc) is 3.21. The normalized spacial score (nSPS) is 24.5. The molecule has 2 aliphatic rings. The molecule has 1 saturated carbocycles. The molecular weight excluding hydrogens is 356 g/mol. The number of aliphatic imine (C=N–C) groups is 1. The molecule has 0 unspecified atom stereocenters. The number of nitrogens with zero attached hydrogens (tertiary/aromatic N) is 3. The summed E-state index contributed by atoms with van der Waals surface area (Å²) in [5, 5.41) is 6.49. The molecule has 1 spiro atoms. The van der Waals surface area contributed by atoms with Crippen molar-refractivity contribution in [3.05, 3.63) is 47.7 Å². The number of carbonyl (C=O) groups excluding carboxylic acids is 2. The first-order chi connectivity index (χ1) is 13.5. The first-order valence-electron chi connectivity index (χ1n) is 9.67. The zero-order chi connectivity index (χ0) is 19.7. The van der Waals surface area contributed by atoms with E-state index in [1.165, 1.54) is 0 Å². The summed E-state index contributed by atoms with van der Waals surface area (Å²) in [6.07, 6.45) is 3.51. The van der Waals surface area contributed by atoms with Crippen LogP contribution in [0.15, 0.2) is 45.9 Å². The molecule has 4 rings (SSSR count). The van der Waals surface area contributed by atoms with Crippen molar-refractivity contribution in [3.63, 3.8) is 0 Å². The summed E-state index contributed by atoms with van der Waals surface area (Å²) in [7, 11) is 0. The Balaban J connectivity index is 1.59. The monoisotopic (exact) mass is 380 g/mol. The highest BCUT2D eigenvalue weighted by Gasteiger charge is 2.49. The maximum atomic E-state index is 13.2. The molecule has 2 amide bonds. The molecule has 2 aromatic rings. The van der Waals surface area contributed by atoms with Gasteiger partial charge in [-0.05, 0) is 38.5 Å². The van der Waals surface area contributed by atoms with Gasteiger partial charge in [0.2, 0.25) is 5.91 Å². The number of hydrogen-bond donors (Lipinski definition) is 1. The van der Waals surface area contributed by atoms with Crippen molar-refractivity contribution in [2.75, 3.05) is 11.9 Å². The van der Waals surface area contributed by atoms with Gasteiger partial charge in [0.05, 0.1) is 0 Å². The minimum absolute atomic E-state index is 0.0566. The van der Waals surface area contributed by atoms with Gasteiger partial charge in [0.15, 0.2) is 5.82 Å². The van der Waals surface area contributed by atoms with Crippen LogP contribution < -0.4 is 5.32 Å². The number of carbonyl (C=O) groups is 2. The molecule has 1 aliphatic carbocycles. The van der Waals surface area contributed by atoms with E-state index < -0.39 is 5.66 Å². The van der Waals surface area contributed by atoms with E-state index in [-0.39, 0.29) is 18.4 Å². The van der Waals surface area contributed by atoms with Gasteiger partial charge >= 0.3 is 0 Å². The third-order valence-corrected chi connectivity index (χ3v) is 5.59. The maximum absolute atomic E-state index is 13.2. The number of hydrogen-bond acceptors (Lipinski definition) is 5. The number of amides is 2. The van der Waals surface area contributed by atoms with Gasteiger partial charge in [-0.15, -0.1) is 0 Å². The fourth-order valence-corrected chi connectivity index (χ4v) is 3.99. The summed E-state index contributed by atoms with van der Waals surface area (Å²) in [6, 6.07) is 11.1. The molecule has 1 aliphatic heterocycles. The van der Waals surface area contributed by atoms with Crippen LogP contribution in [0.1, 0.15) is 43.9 Å². The molecular formula is C21H24N4O3. The minimum Gasteiger partial charge on any atom is -0.360 e. The lowest BCUT2D eigenvalue weighted by molar-refractivity contribution is -0.134. The topological polar surface area (TPSA) is 87.8 Å². The summed E-state index contributed by atoms with van der Waals surface area (Å²) >= 11 is 0. The van der Waals surface area contributed by atoms with Crippen molar-refractivity contribution in [2.24, 2.45) is 10.9 Å². The molecule has 1 N–H and O–H groups in total. The number of nitrogens with one attached hydrogen (secondary N) is 1. The molecule has 1 fully saturated rings. The first-order valence-corrected chi connectivity index (χ1v) is 9.67. The molecule has 1 aromatic carbocycles. The number of aryl methyl sites for hydroxylation is 1. The van der Waals surface area contributed by atoms with Gasteiger partial charge in [-0.2, -0.15) is 0 Å². The predicted octanol–water partition coefficient (Wildman–Crippen LogP) is 3.16. The van der Waals surface area contributed by atoms with Crippen LogP contribution in [0.5, 0.6) is 0 Å². The second-order valence-corrected chi connectivity index (χ2v) is 7.75. The highest BCUT2D eigenvalue weighted by atomic mass is 16.5. The third-order valence-electron chi connectivity index (χ3n) is 5.59. The smallest absolute Gasteiger partial charge is 0.275 e. The Kier molecular flexibility index (Phi) is 4.75. The van der Waals surface area contributed by atoms with Crippen LogP contribution in [-0.4, -0.2) is 39.8 Å². The standard InChI is InChI=1S/C21H24N4O3/c1-14-8-10-21(11-9-14)23-19(16-6-4-3-5-7-16)20(27)25(21)13-18(26)22-17-12-15(2)28-24-17/h3-7,12,14H,8-11,13H2,1-2H3,(H,22,24,26). The Labute approximate surface area is 163 Å². The summed E-state index contributed by atoms with van der Waals surface area (Å²) in [4.78, 5) is 32.4. The Hall–Kier alpha value is -2.96. The Bertz CT molecular complexity index is 911. The molecule has 7 heteroatoms. The summed E-state index contributed by atoms with van der Waals surface area (Å²) in [5.74, 6) is 1.08. The van der Waals surface area contributed by atoms with Gasteiger partial charge in [-0.1, -0.05) is 42.4 Å². The lowest BCUT2D eigenvalue weighted by Crippen LogP contribution is -2.51. The van der Waals surface area contributed by atoms with Gasteiger partial charge in [-0.25, -0.2) is 0 Å². The SMILES string of the molecule is Cc1cc(NC(=O)CN2C(=O)C(c3ccccc3)=NC23CCC(C)CC3)no1. The van der Waals surface area contributed by atoms with E-state index >= 15 is 0 Å². The molecule has 7 nitrogen and oxygen atoms in total. The first kappa shape index (κ1) is 18.4. The summed E-state index contributed by atoms with van der Waals surface area (Å²) in [5.41, 5.74) is 0.604. The van der Waals surface area contributed by atoms with Crippen molar-refractivity contribution in [1.29, 1.82) is 0 Å². The Morgan fingerprint density at radius 2 is 2.00 bits per heavy atom. The molecule has 28 heavy (non-hydrogen) atoms. The van der Waals surface area contributed by atoms with Crippen LogP contribution in [0.4, 0.5) is 5.82 Å². The fourth-order valence-electron chi connectivity index (χ4n) is 3.99. The fraction of sp³-hybridized carbons (Fsp3) is 0.429. The number of anilines is 1. The van der Waals surface area contributed by atoms with Crippen molar-refractivity contribution >= 4 is 23.3 Å². The maximum Gasteiger partial charge on any atom is 0.275 e. The largest absolute Gasteiger partial charge is 0.360 e. The average molecular weight is 380 g/mol. The summed E-state index contributed by atoms with van der Waals surface area (Å²) in [6.45, 7) is 3.92. The van der Waals surface area contributed by atoms with E-state index in [2.05, 4.69) is 17.4 Å². The second-order valence-electron chi connectivity index (χ2n) is 7.75. The van der Waals surface area contributed by atoms with Crippen molar-refractivity contribution in [1.82, 2.24) is 10.1 Å². The molecule has 2 heterocycles. The van der Waals surface area contributed by atoms with Crippen LogP contribution in [0.25, 0.3) is 0 Å². The van der Waals surface area contributed by atoms with Crippen molar-refractivity contribution in [2.45, 2.75) is 45.2 Å². The van der Waals surface area contributed by atoms with Gasteiger partial charge in [0.25, 0.3) is 5.91 Å². The molecule has 1 aromatic heterocycles. The number of benzene rings is 1. The van der Waals surface area contributed by atoms with Gasteiger partial charge in [0, 0.05) is 11.6 Å². The molecule has 0 atom stereocenters. The highest BCUT2D eigenvalue weighted by Crippen LogP contribution is 2.41. The van der Waals surface area contributed by atoms with Crippen LogP contribution in [0.2, 0.25) is 0 Å². The number of aromatic nitrogens is 1. The quantitative estimate of drug-likeness (QED) is 0.882. The Morgan fingerprint density at radius 3 is 2.64 bits per heavy atom. The Morgan fingerprint density at radius 1 is 1.29 bits per heavy atom. The van der Waals surface area contributed by atoms with E-state index in [4.69, 9.17) is 9.52 Å².